The van der Waals surface area contributed by atoms with Crippen LogP contribution in [0.4, 0.5) is 0 Å². The quantitative estimate of drug-likeness (QED) is 0.706. The molecular formula is C15H12ClN3. The molecule has 0 spiro atoms. The maximum atomic E-state index is 6.37. The third-order valence-electron chi connectivity index (χ3n) is 2.99. The molecule has 0 aliphatic carbocycles. The van der Waals surface area contributed by atoms with E-state index in [-0.39, 0.29) is 0 Å². The van der Waals surface area contributed by atoms with Crippen molar-refractivity contribution in [1.82, 2.24) is 14.8 Å². The highest BCUT2D eigenvalue weighted by Gasteiger charge is 2.14. The van der Waals surface area contributed by atoms with E-state index in [0.29, 0.717) is 5.15 Å². The van der Waals surface area contributed by atoms with Crippen molar-refractivity contribution in [2.45, 2.75) is 6.92 Å². The lowest BCUT2D eigenvalue weighted by molar-refractivity contribution is 0.878. The summed E-state index contributed by atoms with van der Waals surface area (Å²) in [6.45, 7) is 1.98. The van der Waals surface area contributed by atoms with Crippen molar-refractivity contribution in [3.05, 3.63) is 65.6 Å². The van der Waals surface area contributed by atoms with E-state index in [2.05, 4.69) is 10.1 Å². The van der Waals surface area contributed by atoms with Crippen LogP contribution >= 0.6 is 11.6 Å². The zero-order valence-corrected chi connectivity index (χ0v) is 11.2. The summed E-state index contributed by atoms with van der Waals surface area (Å²) in [6.07, 6.45) is 3.47. The molecule has 0 radical (unpaired) electrons. The Balaban J connectivity index is 2.16. The highest BCUT2D eigenvalue weighted by Crippen LogP contribution is 2.29. The summed E-state index contributed by atoms with van der Waals surface area (Å²) in [5.74, 6) is 0. The molecule has 0 unspecified atom stereocenters. The van der Waals surface area contributed by atoms with Crippen LogP contribution in [-0.4, -0.2) is 14.8 Å². The average molecular weight is 270 g/mol. The lowest BCUT2D eigenvalue weighted by atomic mass is 10.1. The maximum Gasteiger partial charge on any atom is 0.136 e. The smallest absolute Gasteiger partial charge is 0.136 e. The van der Waals surface area contributed by atoms with E-state index in [1.807, 2.05) is 49.4 Å². The molecule has 3 rings (SSSR count). The molecular weight excluding hydrogens is 258 g/mol. The second-order valence-electron chi connectivity index (χ2n) is 4.25. The average Bonchev–Trinajstić information content (AvgIpc) is 2.77. The first-order valence-corrected chi connectivity index (χ1v) is 6.36. The van der Waals surface area contributed by atoms with Gasteiger partial charge in [0.05, 0.1) is 17.6 Å². The summed E-state index contributed by atoms with van der Waals surface area (Å²) < 4.78 is 1.71. The molecule has 3 nitrogen and oxygen atoms in total. The maximum absolute atomic E-state index is 6.37. The van der Waals surface area contributed by atoms with Crippen molar-refractivity contribution in [2.24, 2.45) is 0 Å². The minimum atomic E-state index is 0.617. The molecule has 19 heavy (non-hydrogen) atoms. The Hall–Kier alpha value is -2.13. The van der Waals surface area contributed by atoms with Crippen LogP contribution in [-0.2, 0) is 0 Å². The first kappa shape index (κ1) is 11.9. The van der Waals surface area contributed by atoms with Crippen LogP contribution in [0.5, 0.6) is 0 Å². The summed E-state index contributed by atoms with van der Waals surface area (Å²) >= 11 is 6.37. The number of hydrogen-bond donors (Lipinski definition) is 0. The Bertz CT molecular complexity index is 630. The molecule has 0 fully saturated rings. The highest BCUT2D eigenvalue weighted by atomic mass is 35.5. The zero-order chi connectivity index (χ0) is 13.2. The van der Waals surface area contributed by atoms with Crippen LogP contribution < -0.4 is 0 Å². The molecule has 1 aromatic carbocycles. The van der Waals surface area contributed by atoms with Gasteiger partial charge in [0.2, 0.25) is 0 Å². The van der Waals surface area contributed by atoms with Gasteiger partial charge in [-0.3, -0.25) is 4.98 Å². The predicted molar refractivity (Wildman–Crippen MR) is 76.5 cm³/mol. The Morgan fingerprint density at radius 2 is 1.84 bits per heavy atom. The van der Waals surface area contributed by atoms with E-state index in [4.69, 9.17) is 11.6 Å². The number of benzene rings is 1. The van der Waals surface area contributed by atoms with Crippen molar-refractivity contribution >= 4 is 11.6 Å². The number of hydrogen-bond acceptors (Lipinski definition) is 2. The second-order valence-corrected chi connectivity index (χ2v) is 4.61. The molecule has 0 bridgehead atoms. The number of halogens is 1. The first-order chi connectivity index (χ1) is 9.27. The van der Waals surface area contributed by atoms with Crippen molar-refractivity contribution in [2.75, 3.05) is 0 Å². The van der Waals surface area contributed by atoms with Crippen LogP contribution in [0.1, 0.15) is 5.56 Å². The summed E-state index contributed by atoms with van der Waals surface area (Å²) in [5.41, 5.74) is 3.79. The van der Waals surface area contributed by atoms with Gasteiger partial charge in [0.1, 0.15) is 5.15 Å². The fourth-order valence-electron chi connectivity index (χ4n) is 2.00. The molecule has 2 aromatic heterocycles. The molecule has 4 heteroatoms. The number of aromatic nitrogens is 3. The SMILES string of the molecule is Cc1c(-c2ccccc2)nn(-c2cccnc2)c1Cl. The van der Waals surface area contributed by atoms with Crippen LogP contribution in [0, 0.1) is 6.92 Å². The van der Waals surface area contributed by atoms with Crippen molar-refractivity contribution in [3.8, 4) is 16.9 Å². The molecule has 0 aliphatic rings. The van der Waals surface area contributed by atoms with Gasteiger partial charge in [-0.1, -0.05) is 41.9 Å². The van der Waals surface area contributed by atoms with Crippen LogP contribution in [0.15, 0.2) is 54.9 Å². The second kappa shape index (κ2) is 4.86. The van der Waals surface area contributed by atoms with E-state index in [1.165, 1.54) is 0 Å². The van der Waals surface area contributed by atoms with E-state index < -0.39 is 0 Å². The molecule has 0 atom stereocenters. The minimum absolute atomic E-state index is 0.617. The predicted octanol–water partition coefficient (Wildman–Crippen LogP) is 3.90. The fraction of sp³-hybridized carbons (Fsp3) is 0.0667. The molecule has 0 amide bonds. The minimum Gasteiger partial charge on any atom is -0.262 e. The van der Waals surface area contributed by atoms with Crippen LogP contribution in [0.25, 0.3) is 16.9 Å². The van der Waals surface area contributed by atoms with Gasteiger partial charge in [0.25, 0.3) is 0 Å². The van der Waals surface area contributed by atoms with Gasteiger partial charge >= 0.3 is 0 Å². The van der Waals surface area contributed by atoms with Gasteiger partial charge in [-0.2, -0.15) is 5.10 Å². The van der Waals surface area contributed by atoms with Gasteiger partial charge in [0.15, 0.2) is 0 Å². The Morgan fingerprint density at radius 3 is 2.53 bits per heavy atom. The summed E-state index contributed by atoms with van der Waals surface area (Å²) in [7, 11) is 0. The molecule has 2 heterocycles. The van der Waals surface area contributed by atoms with Gasteiger partial charge in [-0.25, -0.2) is 4.68 Å². The van der Waals surface area contributed by atoms with Crippen LogP contribution in [0.2, 0.25) is 5.15 Å². The van der Waals surface area contributed by atoms with E-state index in [1.54, 1.807) is 17.1 Å². The summed E-state index contributed by atoms with van der Waals surface area (Å²) in [5, 5.41) is 5.21. The van der Waals surface area contributed by atoms with E-state index in [9.17, 15) is 0 Å². The molecule has 3 aromatic rings. The Labute approximate surface area is 116 Å². The molecule has 0 saturated carbocycles. The lowest BCUT2D eigenvalue weighted by Crippen LogP contribution is -1.96. The van der Waals surface area contributed by atoms with Gasteiger partial charge in [0, 0.05) is 17.3 Å². The highest BCUT2D eigenvalue weighted by molar-refractivity contribution is 6.31. The topological polar surface area (TPSA) is 30.7 Å². The standard InChI is InChI=1S/C15H12ClN3/c1-11-14(12-6-3-2-4-7-12)18-19(15(11)16)13-8-5-9-17-10-13/h2-10H,1H3. The first-order valence-electron chi connectivity index (χ1n) is 5.98. The van der Waals surface area contributed by atoms with Gasteiger partial charge in [-0.05, 0) is 19.1 Å². The normalized spacial score (nSPS) is 10.6. The third-order valence-corrected chi connectivity index (χ3v) is 3.43. The van der Waals surface area contributed by atoms with E-state index in [0.717, 1.165) is 22.5 Å². The number of nitrogens with zero attached hydrogens (tertiary/aromatic N) is 3. The summed E-state index contributed by atoms with van der Waals surface area (Å²) in [6, 6.07) is 13.8. The van der Waals surface area contributed by atoms with E-state index >= 15 is 0 Å². The molecule has 94 valence electrons. The monoisotopic (exact) mass is 269 g/mol. The Kier molecular flexibility index (Phi) is 3.05. The molecule has 0 saturated heterocycles. The van der Waals surface area contributed by atoms with Crippen molar-refractivity contribution in [3.63, 3.8) is 0 Å². The van der Waals surface area contributed by atoms with Gasteiger partial charge in [-0.15, -0.1) is 0 Å². The Morgan fingerprint density at radius 1 is 1.05 bits per heavy atom. The number of pyridine rings is 1. The fourth-order valence-corrected chi connectivity index (χ4v) is 2.22. The zero-order valence-electron chi connectivity index (χ0n) is 10.4. The van der Waals surface area contributed by atoms with Crippen molar-refractivity contribution < 1.29 is 0 Å². The third kappa shape index (κ3) is 2.13. The van der Waals surface area contributed by atoms with Crippen LogP contribution in [0.3, 0.4) is 0 Å². The summed E-state index contributed by atoms with van der Waals surface area (Å²) in [4.78, 5) is 4.09. The largest absolute Gasteiger partial charge is 0.262 e. The number of rotatable bonds is 2. The molecule has 0 aliphatic heterocycles. The molecule has 0 N–H and O–H groups in total. The van der Waals surface area contributed by atoms with Gasteiger partial charge < -0.3 is 0 Å². The van der Waals surface area contributed by atoms with Crippen molar-refractivity contribution in [1.29, 1.82) is 0 Å². The lowest BCUT2D eigenvalue weighted by Gasteiger charge is -2.01.